The zero-order chi connectivity index (χ0) is 68.4. The Bertz CT molecular complexity index is 4060. The second-order valence-electron chi connectivity index (χ2n) is 21.8. The molecule has 2 aromatic heterocycles. The molecule has 73 heavy (non-hydrogen) atoms. The first-order chi connectivity index (χ1) is 42.1. The summed E-state index contributed by atoms with van der Waals surface area (Å²) in [4.78, 5) is 10.1. The van der Waals surface area contributed by atoms with Crippen molar-refractivity contribution in [2.75, 3.05) is 0 Å². The van der Waals surface area contributed by atoms with Crippen LogP contribution in [0.4, 0.5) is 0 Å². The van der Waals surface area contributed by atoms with Gasteiger partial charge in [-0.25, -0.2) is 4.98 Å². The first-order valence-electron chi connectivity index (χ1n) is 34.0. The molecular formula is C68H72N3OPt-. The summed E-state index contributed by atoms with van der Waals surface area (Å²) >= 11 is 0. The number of hydrogen-bond acceptors (Lipinski definition) is 3. The van der Waals surface area contributed by atoms with E-state index in [1.807, 2.05) is 114 Å². The molecule has 0 bridgehead atoms. The van der Waals surface area contributed by atoms with E-state index in [9.17, 15) is 7.85 Å². The van der Waals surface area contributed by atoms with Crippen molar-refractivity contribution in [3.05, 3.63) is 192 Å². The van der Waals surface area contributed by atoms with Crippen LogP contribution in [0.2, 0.25) is 0 Å². The average Bonchev–Trinajstić information content (AvgIpc) is 1.26. The van der Waals surface area contributed by atoms with Gasteiger partial charge in [0.25, 0.3) is 0 Å². The summed E-state index contributed by atoms with van der Waals surface area (Å²) in [6.45, 7) is -7.63. The molecule has 1 N–H and O–H groups in total. The predicted molar refractivity (Wildman–Crippen MR) is 305 cm³/mol. The van der Waals surface area contributed by atoms with Crippen LogP contribution in [-0.4, -0.2) is 19.6 Å². The molecule has 0 aliphatic heterocycles. The quantitative estimate of drug-likeness (QED) is 0.162. The SMILES string of the molecule is [2H]c1c(-c2nc3c(-c4[c-]c(-c5cc(-c6ccc(C(C)(C)C)cc6)ccn5)cc(C(C)(C)C)c4)cccc3n2-c2c(-c3ccccc3)cc(C(C)(C)C)cc2-c2ccccc2)c(O)c(C(C([2H])([2H])[2H])(C([2H])([2H])[2H])C([2H])([2H])[2H])c([2H])c1C(C([2H])([2H])[2H])(C([2H])([2H])[2H])C([2H])([2H])[2H].[Pt]. The second kappa shape index (κ2) is 19.5. The molecule has 0 aliphatic carbocycles. The Hall–Kier alpha value is -6.35. The van der Waals surface area contributed by atoms with Crippen LogP contribution in [-0.2, 0) is 48.1 Å². The van der Waals surface area contributed by atoms with Crippen molar-refractivity contribution in [1.82, 2.24) is 14.5 Å². The summed E-state index contributed by atoms with van der Waals surface area (Å²) in [5.74, 6) is -2.39. The maximum absolute atomic E-state index is 13.5. The number of aromatic hydroxyl groups is 1. The number of rotatable bonds is 7. The van der Waals surface area contributed by atoms with E-state index < -0.39 is 103 Å². The zero-order valence-corrected chi connectivity index (χ0v) is 44.7. The van der Waals surface area contributed by atoms with Crippen LogP contribution >= 0.6 is 0 Å². The Morgan fingerprint density at radius 2 is 1.05 bits per heavy atom. The number of fused-ring (bicyclic) bond motifs is 1. The molecule has 9 aromatic rings. The van der Waals surface area contributed by atoms with E-state index in [1.54, 1.807) is 60.8 Å². The van der Waals surface area contributed by atoms with Gasteiger partial charge >= 0.3 is 0 Å². The molecule has 0 radical (unpaired) electrons. The van der Waals surface area contributed by atoms with Crippen LogP contribution in [0.5, 0.6) is 5.75 Å². The van der Waals surface area contributed by atoms with E-state index in [0.717, 1.165) is 27.8 Å². The number of imidazole rings is 1. The zero-order valence-electron chi connectivity index (χ0n) is 62.5. The summed E-state index contributed by atoms with van der Waals surface area (Å²) in [6, 6.07) is 42.9. The standard InChI is InChI=1S/C68H72N3O.Pt/c1-64(2,3)49-31-29-43(30-32-49)46-33-34-69-58(38-46)48-35-47(36-50(37-48)65(4,5)6)53-27-22-28-59-60(53)70-63(56-41-52(67(10,11)12)42-57(62(56)72)68(13,14)15)71(59)61-54(44-23-18-16-19-24-44)39-51(66(7,8)9)40-55(61)45-25-20-17-21-26-45;/h16-34,36-42,72H,1-15H3;/q-1;/i10D3,11D3,12D3,13D3,14D3,15D3,41D,42D;. The summed E-state index contributed by atoms with van der Waals surface area (Å²) in [5, 5.41) is 13.5. The fourth-order valence-corrected chi connectivity index (χ4v) is 9.05. The minimum atomic E-state index is -4.46. The fraction of sp³-hybridized carbons (Fsp3) is 0.294. The van der Waals surface area contributed by atoms with Crippen LogP contribution in [0.3, 0.4) is 0 Å². The molecular weight excluding hydrogens is 1070 g/mol. The van der Waals surface area contributed by atoms with Crippen molar-refractivity contribution in [2.45, 2.75) is 130 Å². The number of para-hydroxylation sites is 1. The van der Waals surface area contributed by atoms with Gasteiger partial charge in [0.2, 0.25) is 0 Å². The number of benzene rings is 7. The van der Waals surface area contributed by atoms with Crippen LogP contribution in [0, 0.1) is 6.07 Å². The van der Waals surface area contributed by atoms with E-state index in [0.29, 0.717) is 44.6 Å². The Morgan fingerprint density at radius 1 is 0.493 bits per heavy atom. The fourth-order valence-electron chi connectivity index (χ4n) is 9.05. The maximum Gasteiger partial charge on any atom is 0.148 e. The Labute approximate surface area is 478 Å². The molecule has 0 saturated carbocycles. The first-order valence-corrected chi connectivity index (χ1v) is 24.0. The van der Waals surface area contributed by atoms with Crippen LogP contribution < -0.4 is 0 Å². The molecule has 7 aromatic carbocycles. The van der Waals surface area contributed by atoms with E-state index in [-0.39, 0.29) is 43.2 Å². The van der Waals surface area contributed by atoms with Gasteiger partial charge in [-0.2, -0.15) is 0 Å². The van der Waals surface area contributed by atoms with E-state index in [4.69, 9.17) is 34.6 Å². The summed E-state index contributed by atoms with van der Waals surface area (Å²) in [6.07, 6.45) is 1.70. The average molecular weight is 1160 g/mol. The maximum atomic E-state index is 13.5. The van der Waals surface area contributed by atoms with Gasteiger partial charge in [-0.05, 0) is 96.3 Å². The van der Waals surface area contributed by atoms with Crippen molar-refractivity contribution in [1.29, 1.82) is 0 Å². The van der Waals surface area contributed by atoms with E-state index in [1.165, 1.54) is 4.57 Å². The molecule has 0 amide bonds. The minimum Gasteiger partial charge on any atom is -0.507 e. The summed E-state index contributed by atoms with van der Waals surface area (Å²) in [7, 11) is 0. The molecule has 2 heterocycles. The third-order valence-electron chi connectivity index (χ3n) is 13.1. The predicted octanol–water partition coefficient (Wildman–Crippen LogP) is 18.4. The molecule has 0 spiro atoms. The Morgan fingerprint density at radius 3 is 1.62 bits per heavy atom. The van der Waals surface area contributed by atoms with Gasteiger partial charge in [0, 0.05) is 74.3 Å². The molecule has 376 valence electrons. The number of nitrogens with zero attached hydrogens (tertiary/aromatic N) is 3. The number of hydrogen-bond donors (Lipinski definition) is 1. The molecule has 0 atom stereocenters. The largest absolute Gasteiger partial charge is 0.507 e. The first kappa shape index (κ1) is 32.8. The van der Waals surface area contributed by atoms with Crippen molar-refractivity contribution >= 4 is 11.0 Å². The smallest absolute Gasteiger partial charge is 0.148 e. The molecule has 0 fully saturated rings. The van der Waals surface area contributed by atoms with Gasteiger partial charge in [-0.15, -0.1) is 29.3 Å². The van der Waals surface area contributed by atoms with Crippen LogP contribution in [0.15, 0.2) is 158 Å². The van der Waals surface area contributed by atoms with Gasteiger partial charge in [-0.3, -0.25) is 9.55 Å². The van der Waals surface area contributed by atoms with Crippen molar-refractivity contribution in [3.63, 3.8) is 0 Å². The minimum absolute atomic E-state index is 0. The van der Waals surface area contributed by atoms with E-state index >= 15 is 0 Å². The Balaban J connectivity index is 0.0000111. The Kier molecular flexibility index (Phi) is 8.74. The number of pyridine rings is 1. The normalized spacial score (nSPS) is 17.6. The number of aromatic nitrogens is 3. The van der Waals surface area contributed by atoms with Crippen LogP contribution in [0.1, 0.15) is 159 Å². The van der Waals surface area contributed by atoms with E-state index in [2.05, 4.69) is 39.0 Å². The number of phenols is 1. The summed E-state index contributed by atoms with van der Waals surface area (Å²) < 4.78 is 183. The second-order valence-corrected chi connectivity index (χ2v) is 21.8. The number of phenolic OH excluding ortho intramolecular Hbond substituents is 1. The summed E-state index contributed by atoms with van der Waals surface area (Å²) in [5.41, 5.74) is -6.31. The van der Waals surface area contributed by atoms with Gasteiger partial charge in [0.15, 0.2) is 0 Å². The topological polar surface area (TPSA) is 50.9 Å². The third-order valence-corrected chi connectivity index (χ3v) is 13.1. The monoisotopic (exact) mass is 1160 g/mol. The van der Waals surface area contributed by atoms with Gasteiger partial charge in [-0.1, -0.05) is 224 Å². The van der Waals surface area contributed by atoms with Gasteiger partial charge in [0.1, 0.15) is 11.6 Å². The van der Waals surface area contributed by atoms with Crippen molar-refractivity contribution < 1.29 is 53.6 Å². The van der Waals surface area contributed by atoms with Crippen LogP contribution in [0.25, 0.3) is 83.9 Å². The molecule has 0 unspecified atom stereocenters. The molecule has 0 saturated heterocycles. The van der Waals surface area contributed by atoms with Gasteiger partial charge in [0.05, 0.1) is 25.0 Å². The molecule has 9 rings (SSSR count). The van der Waals surface area contributed by atoms with Gasteiger partial charge < -0.3 is 5.11 Å². The third kappa shape index (κ3) is 10.7. The van der Waals surface area contributed by atoms with Crippen molar-refractivity contribution in [3.8, 4) is 78.6 Å². The molecule has 5 heteroatoms. The van der Waals surface area contributed by atoms with Crippen molar-refractivity contribution in [2.24, 2.45) is 0 Å². The molecule has 0 aliphatic rings. The molecule has 4 nitrogen and oxygen atoms in total.